The largest absolute Gasteiger partial charge is 0.369 e. The number of aryl methyl sites for hydroxylation is 2. The second kappa shape index (κ2) is 9.39. The Balaban J connectivity index is 1.50. The first-order valence-electron chi connectivity index (χ1n) is 12.1. The molecule has 0 radical (unpaired) electrons. The fourth-order valence-electron chi connectivity index (χ4n) is 4.56. The van der Waals surface area contributed by atoms with Crippen LogP contribution in [0.15, 0.2) is 48.9 Å². The molecule has 8 nitrogen and oxygen atoms in total. The molecule has 1 fully saturated rings. The van der Waals surface area contributed by atoms with Crippen LogP contribution in [0.2, 0.25) is 0 Å². The third kappa shape index (κ3) is 4.58. The molecule has 0 saturated carbocycles. The number of imidazole rings is 1. The number of pyridine rings is 2. The molecule has 36 heavy (non-hydrogen) atoms. The van der Waals surface area contributed by atoms with Gasteiger partial charge >= 0.3 is 0 Å². The van der Waals surface area contributed by atoms with E-state index in [0.29, 0.717) is 38.0 Å². The van der Waals surface area contributed by atoms with Gasteiger partial charge in [0.1, 0.15) is 0 Å². The highest BCUT2D eigenvalue weighted by Crippen LogP contribution is 2.36. The van der Waals surface area contributed by atoms with Crippen molar-refractivity contribution in [1.82, 2.24) is 19.7 Å². The smallest absolute Gasteiger partial charge is 0.253 e. The number of anilines is 1. The number of hydrogen-bond donors (Lipinski definition) is 2. The minimum atomic E-state index is -0.515. The van der Waals surface area contributed by atoms with Crippen molar-refractivity contribution in [2.45, 2.75) is 40.2 Å². The molecule has 1 aliphatic heterocycles. The Morgan fingerprint density at radius 1 is 1.11 bits per heavy atom. The molecule has 1 aliphatic rings. The molecule has 9 heteroatoms. The molecule has 0 aromatic carbocycles. The van der Waals surface area contributed by atoms with Crippen LogP contribution in [0.4, 0.5) is 5.69 Å². The number of nitrogens with two attached hydrogens (primary N) is 1. The van der Waals surface area contributed by atoms with E-state index in [0.717, 1.165) is 33.2 Å². The number of carbonyl (C=O) groups is 2. The maximum atomic E-state index is 13.3. The van der Waals surface area contributed by atoms with Gasteiger partial charge in [0.15, 0.2) is 5.65 Å². The Morgan fingerprint density at radius 2 is 1.89 bits per heavy atom. The first-order valence-corrected chi connectivity index (χ1v) is 12.9. The zero-order valence-electron chi connectivity index (χ0n) is 20.7. The third-order valence-electron chi connectivity index (χ3n) is 7.07. The summed E-state index contributed by atoms with van der Waals surface area (Å²) in [4.78, 5) is 38.8. The average Bonchev–Trinajstić information content (AvgIpc) is 3.49. The van der Waals surface area contributed by atoms with E-state index < -0.39 is 5.41 Å². The predicted molar refractivity (Wildman–Crippen MR) is 142 cm³/mol. The van der Waals surface area contributed by atoms with Gasteiger partial charge in [0, 0.05) is 48.0 Å². The van der Waals surface area contributed by atoms with Crippen LogP contribution in [0.5, 0.6) is 0 Å². The van der Waals surface area contributed by atoms with Crippen LogP contribution in [0.3, 0.4) is 0 Å². The van der Waals surface area contributed by atoms with Crippen molar-refractivity contribution in [2.24, 2.45) is 11.1 Å². The second-order valence-electron chi connectivity index (χ2n) is 9.76. The van der Waals surface area contributed by atoms with E-state index in [-0.39, 0.29) is 11.8 Å². The van der Waals surface area contributed by atoms with E-state index in [1.54, 1.807) is 17.5 Å². The van der Waals surface area contributed by atoms with Crippen LogP contribution in [-0.2, 0) is 11.3 Å². The van der Waals surface area contributed by atoms with Crippen molar-refractivity contribution < 1.29 is 9.59 Å². The minimum Gasteiger partial charge on any atom is -0.369 e. The minimum absolute atomic E-state index is 0.167. The van der Waals surface area contributed by atoms with Gasteiger partial charge in [-0.15, -0.1) is 11.3 Å². The number of piperidine rings is 1. The molecule has 4 aromatic rings. The van der Waals surface area contributed by atoms with Crippen molar-refractivity contribution in [3.05, 3.63) is 70.6 Å². The number of rotatable bonds is 6. The number of aromatic nitrogens is 3. The van der Waals surface area contributed by atoms with Gasteiger partial charge in [-0.3, -0.25) is 19.0 Å². The Bertz CT molecular complexity index is 1430. The molecule has 0 unspecified atom stereocenters. The molecule has 3 N–H and O–H groups in total. The number of thiophene rings is 1. The molecule has 0 spiro atoms. The van der Waals surface area contributed by atoms with E-state index in [9.17, 15) is 9.59 Å². The van der Waals surface area contributed by atoms with E-state index in [1.165, 1.54) is 4.88 Å². The predicted octanol–water partition coefficient (Wildman–Crippen LogP) is 4.10. The summed E-state index contributed by atoms with van der Waals surface area (Å²) in [6, 6.07) is 9.97. The van der Waals surface area contributed by atoms with Crippen molar-refractivity contribution in [3.8, 4) is 10.6 Å². The molecule has 0 bridgehead atoms. The van der Waals surface area contributed by atoms with E-state index in [1.807, 2.05) is 48.8 Å². The van der Waals surface area contributed by atoms with Crippen LogP contribution in [-0.4, -0.2) is 39.3 Å². The van der Waals surface area contributed by atoms with Gasteiger partial charge in [-0.05, 0) is 56.5 Å². The summed E-state index contributed by atoms with van der Waals surface area (Å²) in [6.07, 6.45) is 6.81. The lowest BCUT2D eigenvalue weighted by atomic mass is 9.79. The van der Waals surface area contributed by atoms with Crippen molar-refractivity contribution in [1.29, 1.82) is 0 Å². The summed E-state index contributed by atoms with van der Waals surface area (Å²) in [7, 11) is 0. The van der Waals surface area contributed by atoms with Gasteiger partial charge in [-0.25, -0.2) is 4.98 Å². The van der Waals surface area contributed by atoms with Crippen LogP contribution in [0, 0.1) is 19.3 Å². The summed E-state index contributed by atoms with van der Waals surface area (Å²) in [5, 5.41) is 3.02. The second-order valence-corrected chi connectivity index (χ2v) is 11.1. The van der Waals surface area contributed by atoms with Crippen LogP contribution in [0.25, 0.3) is 16.2 Å². The fraction of sp³-hybridized carbons (Fsp3) is 0.333. The molecule has 1 saturated heterocycles. The Kier molecular flexibility index (Phi) is 6.26. The topological polar surface area (TPSA) is 106 Å². The zero-order chi connectivity index (χ0) is 25.4. The molecule has 4 aromatic heterocycles. The monoisotopic (exact) mass is 502 g/mol. The summed E-state index contributed by atoms with van der Waals surface area (Å²) in [6.45, 7) is 7.65. The highest BCUT2D eigenvalue weighted by molar-refractivity contribution is 7.15. The number of nitrogens with zero attached hydrogens (tertiary/aromatic N) is 4. The summed E-state index contributed by atoms with van der Waals surface area (Å²) >= 11 is 1.69. The fourth-order valence-corrected chi connectivity index (χ4v) is 5.43. The van der Waals surface area contributed by atoms with Gasteiger partial charge < -0.3 is 16.0 Å². The van der Waals surface area contributed by atoms with Crippen LogP contribution >= 0.6 is 11.3 Å². The van der Waals surface area contributed by atoms with Gasteiger partial charge in [-0.1, -0.05) is 13.0 Å². The zero-order valence-corrected chi connectivity index (χ0v) is 21.6. The number of fused-ring (bicyclic) bond motifs is 1. The van der Waals surface area contributed by atoms with Gasteiger partial charge in [0.25, 0.3) is 5.91 Å². The maximum absolute atomic E-state index is 13.3. The molecule has 186 valence electrons. The standard InChI is InChI=1S/C27H30N6O2S/c1-17-4-6-19(13-29-17)14-31-25(34)20-12-21(32-10-8-27(3,9-11-32)26(28)35)24-30-15-22(33(24)16-20)23-7-5-18(2)36-23/h4-7,12-13,15-16H,8-11,14H2,1-3H3,(H2,28,35)(H,31,34). The highest BCUT2D eigenvalue weighted by Gasteiger charge is 2.36. The number of hydrogen-bond acceptors (Lipinski definition) is 6. The quantitative estimate of drug-likeness (QED) is 0.413. The van der Waals surface area contributed by atoms with Gasteiger partial charge in [0.2, 0.25) is 5.91 Å². The molecular formula is C27H30N6O2S. The molecular weight excluding hydrogens is 472 g/mol. The van der Waals surface area contributed by atoms with Crippen LogP contribution in [0.1, 0.15) is 46.3 Å². The number of primary amides is 1. The summed E-state index contributed by atoms with van der Waals surface area (Å²) in [5.74, 6) is -0.429. The lowest BCUT2D eigenvalue weighted by molar-refractivity contribution is -0.127. The number of nitrogens with one attached hydrogen (secondary N) is 1. The molecule has 5 heterocycles. The van der Waals surface area contributed by atoms with Crippen molar-refractivity contribution in [2.75, 3.05) is 18.0 Å². The lowest BCUT2D eigenvalue weighted by Crippen LogP contribution is -2.45. The van der Waals surface area contributed by atoms with E-state index in [2.05, 4.69) is 34.3 Å². The van der Waals surface area contributed by atoms with Crippen molar-refractivity contribution in [3.63, 3.8) is 0 Å². The first kappa shape index (κ1) is 24.0. The lowest BCUT2D eigenvalue weighted by Gasteiger charge is -2.38. The maximum Gasteiger partial charge on any atom is 0.253 e. The van der Waals surface area contributed by atoms with E-state index >= 15 is 0 Å². The molecule has 0 aliphatic carbocycles. The normalized spacial score (nSPS) is 15.2. The summed E-state index contributed by atoms with van der Waals surface area (Å²) in [5.41, 5.74) is 10.2. The first-order chi connectivity index (χ1) is 17.2. The van der Waals surface area contributed by atoms with Crippen LogP contribution < -0.4 is 16.0 Å². The SMILES string of the molecule is Cc1ccc(CNC(=O)c2cc(N3CCC(C)(C(N)=O)CC3)c3ncc(-c4ccc(C)s4)n3c2)cn1. The molecule has 2 amide bonds. The summed E-state index contributed by atoms with van der Waals surface area (Å²) < 4.78 is 2.00. The third-order valence-corrected chi connectivity index (χ3v) is 8.09. The molecule has 0 atom stereocenters. The average molecular weight is 503 g/mol. The Labute approximate surface area is 214 Å². The van der Waals surface area contributed by atoms with E-state index in [4.69, 9.17) is 10.7 Å². The van der Waals surface area contributed by atoms with Crippen molar-refractivity contribution >= 4 is 34.5 Å². The van der Waals surface area contributed by atoms with Gasteiger partial charge in [0.05, 0.1) is 28.0 Å². The van der Waals surface area contributed by atoms with Gasteiger partial charge in [-0.2, -0.15) is 0 Å². The Hall–Kier alpha value is -3.72. The number of carbonyl (C=O) groups excluding carboxylic acids is 2. The number of amides is 2. The highest BCUT2D eigenvalue weighted by atomic mass is 32.1. The molecule has 5 rings (SSSR count). The Morgan fingerprint density at radius 3 is 2.53 bits per heavy atom.